The van der Waals surface area contributed by atoms with Gasteiger partial charge in [-0.15, -0.1) is 0 Å². The van der Waals surface area contributed by atoms with Crippen molar-refractivity contribution in [3.63, 3.8) is 0 Å². The number of rotatable bonds is 13. The van der Waals surface area contributed by atoms with Crippen LogP contribution in [0.3, 0.4) is 0 Å². The lowest BCUT2D eigenvalue weighted by Gasteiger charge is -2.28. The maximum Gasteiger partial charge on any atom is 0.222 e. The minimum absolute atomic E-state index is 0.00417. The molecule has 1 amide bonds. The molecule has 25 nitrogen and oxygen atoms in total. The summed E-state index contributed by atoms with van der Waals surface area (Å²) in [6.45, 7) is 20.2. The Morgan fingerprint density at radius 1 is 0.252 bits per heavy atom. The number of benzene rings is 12. The average molecular weight is 1930 g/mol. The molecule has 12 aromatic carbocycles. The largest absolute Gasteiger partial charge is 0.508 e. The highest BCUT2D eigenvalue weighted by molar-refractivity contribution is 6.37. The Morgan fingerprint density at radius 2 is 0.482 bits per heavy atom. The molecule has 29 heteroatoms. The van der Waals surface area contributed by atoms with Gasteiger partial charge in [0.25, 0.3) is 0 Å². The third-order valence-corrected chi connectivity index (χ3v) is 22.4. The van der Waals surface area contributed by atoms with Crippen molar-refractivity contribution in [2.45, 2.75) is 85.5 Å². The van der Waals surface area contributed by atoms with Gasteiger partial charge in [0.15, 0.2) is 11.6 Å². The Morgan fingerprint density at radius 3 is 0.770 bits per heavy atom. The highest BCUT2D eigenvalue weighted by atomic mass is 35.5. The van der Waals surface area contributed by atoms with Gasteiger partial charge in [0.2, 0.25) is 5.91 Å². The van der Waals surface area contributed by atoms with E-state index >= 15 is 0 Å². The Labute approximate surface area is 825 Å². The lowest BCUT2D eigenvalue weighted by atomic mass is 9.78. The fraction of sp³-hybridized carbons (Fsp3) is 0.118. The first-order valence-corrected chi connectivity index (χ1v) is 45.1. The zero-order valence-corrected chi connectivity index (χ0v) is 80.5. The van der Waals surface area contributed by atoms with Crippen molar-refractivity contribution in [3.8, 4) is 170 Å². The molecule has 0 spiro atoms. The van der Waals surface area contributed by atoms with Crippen molar-refractivity contribution in [2.24, 2.45) is 0 Å². The minimum Gasteiger partial charge on any atom is -0.508 e. The van der Waals surface area contributed by atoms with Crippen molar-refractivity contribution in [3.05, 3.63) is 359 Å². The van der Waals surface area contributed by atoms with Crippen molar-refractivity contribution in [1.29, 1.82) is 0 Å². The van der Waals surface area contributed by atoms with E-state index in [1.54, 1.807) is 67.0 Å². The summed E-state index contributed by atoms with van der Waals surface area (Å²) in [5.74, 6) is 2.71. The topological polar surface area (TPSA) is 435 Å². The van der Waals surface area contributed by atoms with Crippen LogP contribution in [0.5, 0.6) is 34.5 Å². The first-order chi connectivity index (χ1) is 66.3. The summed E-state index contributed by atoms with van der Waals surface area (Å²) in [4.78, 5) is 64.7. The molecule has 18 rings (SSSR count). The molecule has 0 unspecified atom stereocenters. The summed E-state index contributed by atoms with van der Waals surface area (Å²) in [5.41, 5.74) is 49.8. The molecule has 0 radical (unpaired) electrons. The highest BCUT2D eigenvalue weighted by Gasteiger charge is 2.30. The van der Waals surface area contributed by atoms with E-state index in [-0.39, 0.29) is 71.0 Å². The fourth-order valence-electron chi connectivity index (χ4n) is 14.5. The predicted octanol–water partition coefficient (Wildman–Crippen LogP) is 25.5. The zero-order chi connectivity index (χ0) is 99.6. The first-order valence-electron chi connectivity index (χ1n) is 43.6. The van der Waals surface area contributed by atoms with Gasteiger partial charge in [-0.25, -0.2) is 29.9 Å². The maximum atomic E-state index is 11.3. The normalized spacial score (nSPS) is 11.0. The molecule has 139 heavy (non-hydrogen) atoms. The van der Waals surface area contributed by atoms with Gasteiger partial charge in [-0.05, 0) is 125 Å². The molecule has 0 saturated heterocycles. The van der Waals surface area contributed by atoms with Gasteiger partial charge in [0.05, 0.1) is 126 Å². The Hall–Kier alpha value is -16.5. The van der Waals surface area contributed by atoms with E-state index in [4.69, 9.17) is 75.1 Å². The van der Waals surface area contributed by atoms with Gasteiger partial charge in [0.1, 0.15) is 57.8 Å². The standard InChI is InChI=1S/C24H29N3O.C20H21N3O.C18H14ClN3O2.C16H11Cl2N3O.C16H12ClN3O.C16H13N3O/c1-23(2,3)17-12-16(13-18(22(17)28)24(4,5)6)20-21(27-19(25)14-26-20)15-10-8-7-9-11-15;1-20(2,3)15-11-14(9-10-16(15)24)18-19(23-17(21)12-22-18)13-7-5-4-6-8-13;1-11(23)21-16-10-20-17(13-7-8-15(24)14(19)9-13)18(22-16)12-5-3-2-4-6-12;17-11-6-10(7-12(18)16(11)22)14-15(21-13(19)8-20-14)9-4-2-1-3-5-9;17-12-8-11(6-7-13(12)21)15-16(20-14(18)9-19-15)10-4-2-1-3-5-10;17-14-10-18-15(12-6-8-13(20)9-7-12)16(19-14)11-4-2-1-3-5-11/h7-14,28H,1-6H3,(H2,25,27);4-12,24H,1-3H3,(H2,21,23);2-10,24H,1H3,(H,21,22,23);1-8,22H,(H2,19,21);1-9,21H,(H2,18,20);1-10,20H,(H2,17,19). The van der Waals surface area contributed by atoms with E-state index < -0.39 is 0 Å². The molecular weight excluding hydrogens is 1830 g/mol. The van der Waals surface area contributed by atoms with Gasteiger partial charge in [-0.1, -0.05) is 291 Å². The quantitative estimate of drug-likeness (QED) is 0.0510. The van der Waals surface area contributed by atoms with Gasteiger partial charge in [0, 0.05) is 84.8 Å². The summed E-state index contributed by atoms with van der Waals surface area (Å²) in [6.07, 6.45) is 9.14. The van der Waals surface area contributed by atoms with Crippen LogP contribution in [-0.4, -0.2) is 96.4 Å². The van der Waals surface area contributed by atoms with Gasteiger partial charge in [-0.3, -0.25) is 34.7 Å². The molecule has 700 valence electrons. The van der Waals surface area contributed by atoms with Gasteiger partial charge >= 0.3 is 0 Å². The Bertz CT molecular complexity index is 7320. The number of nitrogens with one attached hydrogen (secondary N) is 1. The third kappa shape index (κ3) is 25.6. The molecule has 0 aliphatic carbocycles. The molecule has 0 bridgehead atoms. The SMILES string of the molecule is CC(=O)Nc1cnc(-c2ccc(O)c(Cl)c2)c(-c2ccccc2)n1.CC(C)(C)c1cc(-c2ncc(N)nc2-c2ccccc2)cc(C(C)(C)C)c1O.CC(C)(C)c1cc(-c2ncc(N)nc2-c2ccccc2)ccc1O.Nc1cnc(-c2cc(Cl)c(O)c(Cl)c2)c(-c2ccccc2)n1.Nc1cnc(-c2ccc(O)c(Cl)c2)c(-c2ccccc2)n1.Nc1cnc(-c2ccc(O)cc2)c(-c2ccccc2)n1. The van der Waals surface area contributed by atoms with E-state index in [2.05, 4.69) is 127 Å². The number of amides is 1. The predicted molar refractivity (Wildman–Crippen MR) is 560 cm³/mol. The first kappa shape index (κ1) is 100. The number of phenols is 6. The number of nitrogens with two attached hydrogens (primary N) is 5. The van der Waals surface area contributed by atoms with Crippen LogP contribution in [0.4, 0.5) is 34.9 Å². The van der Waals surface area contributed by atoms with Crippen LogP contribution >= 0.6 is 46.4 Å². The molecular formula is C110H100Cl4N18O7. The van der Waals surface area contributed by atoms with Crippen LogP contribution in [0.1, 0.15) is 85.9 Å². The zero-order valence-electron chi connectivity index (χ0n) is 77.5. The Kier molecular flexibility index (Phi) is 31.9. The summed E-state index contributed by atoms with van der Waals surface area (Å²) in [7, 11) is 0. The van der Waals surface area contributed by atoms with Crippen molar-refractivity contribution < 1.29 is 35.4 Å². The number of nitrogen functional groups attached to an aromatic ring is 5. The van der Waals surface area contributed by atoms with Crippen LogP contribution in [0.15, 0.2) is 322 Å². The van der Waals surface area contributed by atoms with E-state index in [0.717, 1.165) is 112 Å². The lowest BCUT2D eigenvalue weighted by Crippen LogP contribution is -2.17. The van der Waals surface area contributed by atoms with E-state index in [0.29, 0.717) is 80.4 Å². The average Bonchev–Trinajstić information content (AvgIpc) is 0.763. The van der Waals surface area contributed by atoms with Crippen molar-refractivity contribution >= 4 is 87.2 Å². The monoisotopic (exact) mass is 1920 g/mol. The second-order valence-electron chi connectivity index (χ2n) is 34.9. The number of hydrogen-bond acceptors (Lipinski definition) is 24. The van der Waals surface area contributed by atoms with E-state index in [9.17, 15) is 35.4 Å². The fourth-order valence-corrected chi connectivity index (χ4v) is 15.4. The molecule has 6 aromatic heterocycles. The van der Waals surface area contributed by atoms with Crippen LogP contribution < -0.4 is 34.0 Å². The number of anilines is 6. The molecule has 0 atom stereocenters. The Balaban J connectivity index is 0.000000141. The third-order valence-electron chi connectivity index (χ3n) is 21.3. The summed E-state index contributed by atoms with van der Waals surface area (Å²) in [5, 5.41) is 62.8. The number of hydrogen-bond donors (Lipinski definition) is 12. The van der Waals surface area contributed by atoms with Crippen LogP contribution in [0, 0.1) is 0 Å². The molecule has 17 N–H and O–H groups in total. The maximum absolute atomic E-state index is 11.3. The van der Waals surface area contributed by atoms with E-state index in [1.807, 2.05) is 218 Å². The molecule has 0 aliphatic heterocycles. The van der Waals surface area contributed by atoms with Crippen LogP contribution in [0.2, 0.25) is 20.1 Å². The van der Waals surface area contributed by atoms with Gasteiger partial charge in [-0.2, -0.15) is 0 Å². The van der Waals surface area contributed by atoms with Crippen LogP contribution in [-0.2, 0) is 21.0 Å². The van der Waals surface area contributed by atoms with Crippen molar-refractivity contribution in [2.75, 3.05) is 34.0 Å². The minimum atomic E-state index is -0.219. The number of carbonyl (C=O) groups is 1. The number of halogens is 4. The van der Waals surface area contributed by atoms with Crippen LogP contribution in [0.25, 0.3) is 135 Å². The molecule has 6 heterocycles. The lowest BCUT2D eigenvalue weighted by molar-refractivity contribution is -0.114. The number of nitrogens with zero attached hydrogens (tertiary/aromatic N) is 12. The van der Waals surface area contributed by atoms with Crippen molar-refractivity contribution in [1.82, 2.24) is 59.8 Å². The number of aromatic nitrogens is 12. The van der Waals surface area contributed by atoms with E-state index in [1.165, 1.54) is 43.8 Å². The second kappa shape index (κ2) is 44.4. The van der Waals surface area contributed by atoms with Gasteiger partial charge < -0.3 is 64.6 Å². The second-order valence-corrected chi connectivity index (χ2v) is 36.5. The molecule has 0 saturated carbocycles. The summed E-state index contributed by atoms with van der Waals surface area (Å²) >= 11 is 24.0. The molecule has 18 aromatic rings. The number of aromatic hydroxyl groups is 6. The number of carbonyl (C=O) groups excluding carboxylic acids is 1. The molecule has 0 aliphatic rings. The summed E-state index contributed by atoms with van der Waals surface area (Å²) in [6, 6.07) is 87.7. The summed E-state index contributed by atoms with van der Waals surface area (Å²) < 4.78 is 0. The highest BCUT2D eigenvalue weighted by Crippen LogP contribution is 2.46. The molecule has 0 fully saturated rings. The smallest absolute Gasteiger partial charge is 0.222 e. The number of phenolic OH excluding ortho intramolecular Hbond substituents is 6.